The van der Waals surface area contributed by atoms with Crippen LogP contribution in [0.3, 0.4) is 0 Å². The molecule has 0 atom stereocenters. The van der Waals surface area contributed by atoms with E-state index in [0.717, 1.165) is 5.75 Å². The van der Waals surface area contributed by atoms with Gasteiger partial charge in [-0.3, -0.25) is 0 Å². The molecule has 0 fully saturated rings. The summed E-state index contributed by atoms with van der Waals surface area (Å²) in [6.07, 6.45) is 0. The quantitative estimate of drug-likeness (QED) is 0.900. The molecule has 0 saturated heterocycles. The highest BCUT2D eigenvalue weighted by Crippen LogP contribution is 2.15. The first-order valence-electron chi connectivity index (χ1n) is 5.81. The van der Waals surface area contributed by atoms with Gasteiger partial charge in [-0.1, -0.05) is 23.3 Å². The number of aromatic nitrogens is 2. The highest BCUT2D eigenvalue weighted by atomic mass is 16.5. The summed E-state index contributed by atoms with van der Waals surface area (Å²) in [5, 5.41) is 10.9. The smallest absolute Gasteiger partial charge is 0.315 e. The molecule has 0 unspecified atom stereocenters. The first kappa shape index (κ1) is 12.4. The van der Waals surface area contributed by atoms with Gasteiger partial charge in [-0.15, -0.1) is 5.10 Å². The predicted molar refractivity (Wildman–Crippen MR) is 68.4 cm³/mol. The van der Waals surface area contributed by atoms with Gasteiger partial charge >= 0.3 is 6.01 Å². The van der Waals surface area contributed by atoms with E-state index >= 15 is 0 Å². The van der Waals surface area contributed by atoms with Gasteiger partial charge in [0.2, 0.25) is 0 Å². The topological polar surface area (TPSA) is 60.2 Å². The number of hydrogen-bond acceptors (Lipinski definition) is 5. The van der Waals surface area contributed by atoms with Crippen LogP contribution in [0.15, 0.2) is 34.7 Å². The van der Waals surface area contributed by atoms with Crippen molar-refractivity contribution >= 4 is 6.01 Å². The Bertz CT molecular complexity index is 488. The van der Waals surface area contributed by atoms with Crippen LogP contribution >= 0.6 is 0 Å². The van der Waals surface area contributed by atoms with E-state index in [1.807, 2.05) is 51.1 Å². The number of nitrogens with zero attached hydrogens (tertiary/aromatic N) is 2. The fraction of sp³-hybridized carbons (Fsp3) is 0.385. The lowest BCUT2D eigenvalue weighted by Gasteiger charge is -2.17. The fourth-order valence-corrected chi connectivity index (χ4v) is 1.35. The second-order valence-corrected chi connectivity index (χ2v) is 4.98. The summed E-state index contributed by atoms with van der Waals surface area (Å²) in [6.45, 7) is 6.34. The number of nitrogens with one attached hydrogen (secondary N) is 1. The van der Waals surface area contributed by atoms with Gasteiger partial charge in [0, 0.05) is 5.54 Å². The molecule has 1 aromatic heterocycles. The van der Waals surface area contributed by atoms with Gasteiger partial charge in [0.1, 0.15) is 5.75 Å². The SMILES string of the molecule is CC(C)(C)Nc1nnc(COc2ccccc2)o1. The standard InChI is InChI=1S/C13H17N3O2/c1-13(2,3)14-12-16-15-11(18-12)9-17-10-7-5-4-6-8-10/h4-8H,9H2,1-3H3,(H,14,16). The van der Waals surface area contributed by atoms with E-state index in [0.29, 0.717) is 11.9 Å². The molecular formula is C13H17N3O2. The Morgan fingerprint density at radius 1 is 1.17 bits per heavy atom. The van der Waals surface area contributed by atoms with Crippen molar-refractivity contribution in [3.05, 3.63) is 36.2 Å². The largest absolute Gasteiger partial charge is 0.484 e. The van der Waals surface area contributed by atoms with Gasteiger partial charge in [0.15, 0.2) is 6.61 Å². The molecule has 0 spiro atoms. The molecular weight excluding hydrogens is 230 g/mol. The van der Waals surface area contributed by atoms with E-state index in [2.05, 4.69) is 15.5 Å². The molecule has 96 valence electrons. The molecule has 18 heavy (non-hydrogen) atoms. The zero-order valence-corrected chi connectivity index (χ0v) is 10.8. The van der Waals surface area contributed by atoms with Crippen molar-refractivity contribution in [2.45, 2.75) is 32.9 Å². The summed E-state index contributed by atoms with van der Waals surface area (Å²) >= 11 is 0. The Balaban J connectivity index is 1.91. The number of ether oxygens (including phenoxy) is 1. The number of para-hydroxylation sites is 1. The molecule has 5 heteroatoms. The van der Waals surface area contributed by atoms with Crippen LogP contribution in [0.2, 0.25) is 0 Å². The number of hydrogen-bond donors (Lipinski definition) is 1. The van der Waals surface area contributed by atoms with E-state index in [1.54, 1.807) is 0 Å². The summed E-state index contributed by atoms with van der Waals surface area (Å²) in [7, 11) is 0. The maximum absolute atomic E-state index is 5.51. The summed E-state index contributed by atoms with van der Waals surface area (Å²) in [5.74, 6) is 1.23. The van der Waals surface area contributed by atoms with Crippen LogP contribution in [0.1, 0.15) is 26.7 Å². The lowest BCUT2D eigenvalue weighted by molar-refractivity contribution is 0.264. The van der Waals surface area contributed by atoms with Crippen molar-refractivity contribution in [1.82, 2.24) is 10.2 Å². The fourth-order valence-electron chi connectivity index (χ4n) is 1.35. The number of benzene rings is 1. The lowest BCUT2D eigenvalue weighted by Crippen LogP contribution is -2.26. The van der Waals surface area contributed by atoms with Crippen molar-refractivity contribution in [2.75, 3.05) is 5.32 Å². The summed E-state index contributed by atoms with van der Waals surface area (Å²) in [5.41, 5.74) is -0.107. The third-order valence-corrected chi connectivity index (χ3v) is 2.05. The van der Waals surface area contributed by atoms with Gasteiger partial charge in [-0.2, -0.15) is 0 Å². The van der Waals surface area contributed by atoms with Crippen LogP contribution < -0.4 is 10.1 Å². The Hall–Kier alpha value is -2.04. The van der Waals surface area contributed by atoms with Gasteiger partial charge < -0.3 is 14.5 Å². The van der Waals surface area contributed by atoms with Crippen LogP contribution in [-0.2, 0) is 6.61 Å². The minimum atomic E-state index is -0.107. The van der Waals surface area contributed by atoms with Crippen molar-refractivity contribution < 1.29 is 9.15 Å². The maximum Gasteiger partial charge on any atom is 0.315 e. The average Bonchev–Trinajstić information content (AvgIpc) is 2.73. The molecule has 5 nitrogen and oxygen atoms in total. The molecule has 1 aromatic carbocycles. The first-order valence-corrected chi connectivity index (χ1v) is 5.81. The zero-order chi connectivity index (χ0) is 13.0. The van der Waals surface area contributed by atoms with Crippen LogP contribution in [0, 0.1) is 0 Å². The number of rotatable bonds is 4. The van der Waals surface area contributed by atoms with E-state index in [9.17, 15) is 0 Å². The normalized spacial score (nSPS) is 11.3. The van der Waals surface area contributed by atoms with Crippen LogP contribution in [0.5, 0.6) is 5.75 Å². The van der Waals surface area contributed by atoms with E-state index < -0.39 is 0 Å². The second-order valence-electron chi connectivity index (χ2n) is 4.98. The molecule has 0 aliphatic rings. The van der Waals surface area contributed by atoms with Crippen LogP contribution in [0.4, 0.5) is 6.01 Å². The second kappa shape index (κ2) is 5.08. The van der Waals surface area contributed by atoms with Crippen molar-refractivity contribution in [2.24, 2.45) is 0 Å². The van der Waals surface area contributed by atoms with Crippen LogP contribution in [-0.4, -0.2) is 15.7 Å². The molecule has 2 rings (SSSR count). The molecule has 0 saturated carbocycles. The molecule has 1 heterocycles. The van der Waals surface area contributed by atoms with E-state index in [-0.39, 0.29) is 12.1 Å². The van der Waals surface area contributed by atoms with Gasteiger partial charge in [0.25, 0.3) is 5.89 Å². The minimum Gasteiger partial charge on any atom is -0.484 e. The Morgan fingerprint density at radius 3 is 2.56 bits per heavy atom. The van der Waals surface area contributed by atoms with Gasteiger partial charge in [-0.25, -0.2) is 0 Å². The Kier molecular flexibility index (Phi) is 3.50. The van der Waals surface area contributed by atoms with Crippen LogP contribution in [0.25, 0.3) is 0 Å². The molecule has 0 bridgehead atoms. The summed E-state index contributed by atoms with van der Waals surface area (Å²) < 4.78 is 10.9. The lowest BCUT2D eigenvalue weighted by atomic mass is 10.1. The molecule has 0 radical (unpaired) electrons. The predicted octanol–water partition coefficient (Wildman–Crippen LogP) is 2.86. The van der Waals surface area contributed by atoms with E-state index in [1.165, 1.54) is 0 Å². The van der Waals surface area contributed by atoms with E-state index in [4.69, 9.17) is 9.15 Å². The average molecular weight is 247 g/mol. The highest BCUT2D eigenvalue weighted by molar-refractivity contribution is 5.22. The molecule has 0 aliphatic carbocycles. The summed E-state index contributed by atoms with van der Waals surface area (Å²) in [4.78, 5) is 0. The third-order valence-electron chi connectivity index (χ3n) is 2.05. The highest BCUT2D eigenvalue weighted by Gasteiger charge is 2.14. The molecule has 0 aliphatic heterocycles. The molecule has 2 aromatic rings. The van der Waals surface area contributed by atoms with Crippen molar-refractivity contribution in [1.29, 1.82) is 0 Å². The minimum absolute atomic E-state index is 0.107. The monoisotopic (exact) mass is 247 g/mol. The van der Waals surface area contributed by atoms with Crippen molar-refractivity contribution in [3.8, 4) is 5.75 Å². The maximum atomic E-state index is 5.51. The van der Waals surface area contributed by atoms with Gasteiger partial charge in [0.05, 0.1) is 0 Å². The third kappa shape index (κ3) is 3.76. The number of anilines is 1. The summed E-state index contributed by atoms with van der Waals surface area (Å²) in [6, 6.07) is 9.93. The first-order chi connectivity index (χ1) is 8.53. The van der Waals surface area contributed by atoms with Gasteiger partial charge in [-0.05, 0) is 32.9 Å². The van der Waals surface area contributed by atoms with Crippen molar-refractivity contribution in [3.63, 3.8) is 0 Å². The molecule has 0 amide bonds. The molecule has 1 N–H and O–H groups in total. The Morgan fingerprint density at radius 2 is 1.89 bits per heavy atom. The Labute approximate surface area is 106 Å². The zero-order valence-electron chi connectivity index (χ0n) is 10.8.